The second-order valence-electron chi connectivity index (χ2n) is 8.21. The van der Waals surface area contributed by atoms with Crippen molar-refractivity contribution in [1.82, 2.24) is 10.2 Å². The van der Waals surface area contributed by atoms with Crippen molar-refractivity contribution in [1.29, 1.82) is 0 Å². The summed E-state index contributed by atoms with van der Waals surface area (Å²) in [5.41, 5.74) is -0.217. The van der Waals surface area contributed by atoms with Crippen LogP contribution in [0.3, 0.4) is 0 Å². The van der Waals surface area contributed by atoms with Crippen LogP contribution in [0.25, 0.3) is 0 Å². The van der Waals surface area contributed by atoms with Crippen LogP contribution in [0.2, 0.25) is 0 Å². The van der Waals surface area contributed by atoms with Gasteiger partial charge in [-0.15, -0.1) is 0 Å². The second kappa shape index (κ2) is 7.67. The second-order valence-corrected chi connectivity index (χ2v) is 8.21. The summed E-state index contributed by atoms with van der Waals surface area (Å²) in [5.74, 6) is 0.131. The standard InChI is InChI=1S/C21H27N3O5/c1-29-16-7-5-15(6-8-16)24-19(26)17(22-20(24)27)12-18(25)23-11-10-21(28)9-3-2-4-14(21)13-23/h5-8,14,17,28H,2-4,9-13H2,1H3,(H,22,27)/t14-,17+,21+/m1/s1. The van der Waals surface area contributed by atoms with E-state index in [1.807, 2.05) is 0 Å². The largest absolute Gasteiger partial charge is 0.497 e. The van der Waals surface area contributed by atoms with Crippen LogP contribution in [-0.4, -0.2) is 59.7 Å². The molecule has 29 heavy (non-hydrogen) atoms. The van der Waals surface area contributed by atoms with Gasteiger partial charge in [0.15, 0.2) is 0 Å². The summed E-state index contributed by atoms with van der Waals surface area (Å²) < 4.78 is 5.10. The number of aliphatic hydroxyl groups is 1. The number of fused-ring (bicyclic) bond motifs is 1. The molecule has 1 aromatic rings. The average Bonchev–Trinajstić information content (AvgIpc) is 3.00. The van der Waals surface area contributed by atoms with Gasteiger partial charge in [-0.25, -0.2) is 9.69 Å². The Balaban J connectivity index is 1.40. The van der Waals surface area contributed by atoms with Crippen LogP contribution in [0, 0.1) is 5.92 Å². The Labute approximate surface area is 169 Å². The molecule has 4 amide bonds. The van der Waals surface area contributed by atoms with Crippen LogP contribution in [-0.2, 0) is 9.59 Å². The van der Waals surface area contributed by atoms with Crippen molar-refractivity contribution < 1.29 is 24.2 Å². The highest BCUT2D eigenvalue weighted by atomic mass is 16.5. The zero-order valence-electron chi connectivity index (χ0n) is 16.6. The van der Waals surface area contributed by atoms with Gasteiger partial charge in [0.05, 0.1) is 24.8 Å². The maximum absolute atomic E-state index is 12.8. The first kappa shape index (κ1) is 19.7. The van der Waals surface area contributed by atoms with Gasteiger partial charge >= 0.3 is 6.03 Å². The topological polar surface area (TPSA) is 99.2 Å². The quantitative estimate of drug-likeness (QED) is 0.748. The lowest BCUT2D eigenvalue weighted by atomic mass is 9.71. The Morgan fingerprint density at radius 2 is 2.00 bits per heavy atom. The molecule has 2 N–H and O–H groups in total. The molecular formula is C21H27N3O5. The fourth-order valence-corrected chi connectivity index (χ4v) is 4.75. The predicted octanol–water partition coefficient (Wildman–Crippen LogP) is 1.66. The highest BCUT2D eigenvalue weighted by Crippen LogP contribution is 2.40. The highest BCUT2D eigenvalue weighted by Gasteiger charge is 2.45. The molecule has 3 atom stereocenters. The molecule has 156 valence electrons. The van der Waals surface area contributed by atoms with Crippen LogP contribution in [0.4, 0.5) is 10.5 Å². The molecule has 3 aliphatic rings. The molecule has 0 unspecified atom stereocenters. The molecule has 0 radical (unpaired) electrons. The smallest absolute Gasteiger partial charge is 0.329 e. The van der Waals surface area contributed by atoms with Crippen LogP contribution < -0.4 is 15.0 Å². The summed E-state index contributed by atoms with van der Waals surface area (Å²) in [7, 11) is 1.54. The van der Waals surface area contributed by atoms with E-state index in [9.17, 15) is 19.5 Å². The Kier molecular flexibility index (Phi) is 5.21. The van der Waals surface area contributed by atoms with E-state index in [-0.39, 0.29) is 18.2 Å². The van der Waals surface area contributed by atoms with Gasteiger partial charge in [0, 0.05) is 19.0 Å². The van der Waals surface area contributed by atoms with Crippen molar-refractivity contribution in [3.8, 4) is 5.75 Å². The molecule has 1 saturated carbocycles. The third-order valence-corrected chi connectivity index (χ3v) is 6.51. The van der Waals surface area contributed by atoms with Gasteiger partial charge in [0.25, 0.3) is 5.91 Å². The number of benzene rings is 1. The number of anilines is 1. The predicted molar refractivity (Wildman–Crippen MR) is 106 cm³/mol. The van der Waals surface area contributed by atoms with Crippen LogP contribution in [0.5, 0.6) is 5.75 Å². The number of imide groups is 1. The summed E-state index contributed by atoms with van der Waals surface area (Å²) in [6, 6.07) is 5.22. The molecule has 1 aliphatic carbocycles. The van der Waals surface area contributed by atoms with Crippen LogP contribution in [0.1, 0.15) is 38.5 Å². The first-order valence-corrected chi connectivity index (χ1v) is 10.2. The maximum Gasteiger partial charge on any atom is 0.329 e. The molecule has 0 spiro atoms. The van der Waals surface area contributed by atoms with E-state index in [1.54, 1.807) is 36.3 Å². The maximum atomic E-state index is 12.8. The first-order chi connectivity index (χ1) is 13.9. The molecule has 1 aromatic carbocycles. The van der Waals surface area contributed by atoms with Crippen molar-refractivity contribution in [2.75, 3.05) is 25.1 Å². The Morgan fingerprint density at radius 1 is 1.24 bits per heavy atom. The van der Waals surface area contributed by atoms with E-state index in [0.717, 1.165) is 30.6 Å². The van der Waals surface area contributed by atoms with Crippen molar-refractivity contribution in [3.63, 3.8) is 0 Å². The van der Waals surface area contributed by atoms with Gasteiger partial charge in [-0.2, -0.15) is 0 Å². The molecule has 2 heterocycles. The number of piperidine rings is 1. The lowest BCUT2D eigenvalue weighted by molar-refractivity contribution is -0.144. The summed E-state index contributed by atoms with van der Waals surface area (Å²) in [6.07, 6.45) is 4.33. The molecule has 3 fully saturated rings. The number of hydrogen-bond donors (Lipinski definition) is 2. The number of amides is 4. The molecule has 2 aliphatic heterocycles. The molecule has 4 rings (SSSR count). The Bertz CT molecular complexity index is 811. The molecule has 8 nitrogen and oxygen atoms in total. The summed E-state index contributed by atoms with van der Waals surface area (Å²) in [4.78, 5) is 40.7. The Hall–Kier alpha value is -2.61. The minimum Gasteiger partial charge on any atom is -0.497 e. The summed E-state index contributed by atoms with van der Waals surface area (Å²) >= 11 is 0. The van der Waals surface area contributed by atoms with E-state index < -0.39 is 23.6 Å². The minimum atomic E-state index is -0.871. The number of nitrogens with zero attached hydrogens (tertiary/aromatic N) is 2. The molecular weight excluding hydrogens is 374 g/mol. The molecule has 0 aromatic heterocycles. The Morgan fingerprint density at radius 3 is 2.72 bits per heavy atom. The van der Waals surface area contributed by atoms with E-state index in [4.69, 9.17) is 4.74 Å². The lowest BCUT2D eigenvalue weighted by Crippen LogP contribution is -2.55. The monoisotopic (exact) mass is 401 g/mol. The fraction of sp³-hybridized carbons (Fsp3) is 0.571. The number of methoxy groups -OCH3 is 1. The van der Waals surface area contributed by atoms with Gasteiger partial charge in [0.1, 0.15) is 11.8 Å². The molecule has 0 bridgehead atoms. The van der Waals surface area contributed by atoms with Gasteiger partial charge < -0.3 is 20.1 Å². The number of likely N-dealkylation sites (tertiary alicyclic amines) is 1. The third-order valence-electron chi connectivity index (χ3n) is 6.51. The molecule has 2 saturated heterocycles. The number of urea groups is 1. The lowest BCUT2D eigenvalue weighted by Gasteiger charge is -2.47. The van der Waals surface area contributed by atoms with E-state index in [2.05, 4.69) is 5.32 Å². The number of rotatable bonds is 4. The normalized spacial score (nSPS) is 29.4. The average molecular weight is 401 g/mol. The van der Waals surface area contributed by atoms with Gasteiger partial charge in [-0.1, -0.05) is 12.8 Å². The SMILES string of the molecule is COc1ccc(N2C(=O)N[C@@H](CC(=O)N3CC[C@@]4(O)CCCC[C@@H]4C3)C2=O)cc1. The van der Waals surface area contributed by atoms with Gasteiger partial charge in [-0.05, 0) is 43.5 Å². The van der Waals surface area contributed by atoms with Crippen LogP contribution >= 0.6 is 0 Å². The van der Waals surface area contributed by atoms with Crippen molar-refractivity contribution in [2.24, 2.45) is 5.92 Å². The highest BCUT2D eigenvalue weighted by molar-refractivity contribution is 6.22. The summed E-state index contributed by atoms with van der Waals surface area (Å²) in [6.45, 7) is 1.01. The number of ether oxygens (including phenoxy) is 1. The van der Waals surface area contributed by atoms with E-state index in [1.165, 1.54) is 0 Å². The van der Waals surface area contributed by atoms with Crippen molar-refractivity contribution in [3.05, 3.63) is 24.3 Å². The van der Waals surface area contributed by atoms with Crippen molar-refractivity contribution >= 4 is 23.5 Å². The third kappa shape index (κ3) is 3.69. The number of carbonyl (C=O) groups is 3. The van der Waals surface area contributed by atoms with Crippen molar-refractivity contribution in [2.45, 2.75) is 50.2 Å². The van der Waals surface area contributed by atoms with Gasteiger partial charge in [0.2, 0.25) is 5.91 Å². The summed E-state index contributed by atoms with van der Waals surface area (Å²) in [5, 5.41) is 13.4. The zero-order valence-corrected chi connectivity index (χ0v) is 16.6. The molecule has 8 heteroatoms. The fourth-order valence-electron chi connectivity index (χ4n) is 4.75. The minimum absolute atomic E-state index is 0.0671. The van der Waals surface area contributed by atoms with E-state index >= 15 is 0 Å². The number of nitrogens with one attached hydrogen (secondary N) is 1. The number of hydrogen-bond acceptors (Lipinski definition) is 5. The van der Waals surface area contributed by atoms with Crippen LogP contribution in [0.15, 0.2) is 24.3 Å². The van der Waals surface area contributed by atoms with Gasteiger partial charge in [-0.3, -0.25) is 9.59 Å². The first-order valence-electron chi connectivity index (χ1n) is 10.2. The van der Waals surface area contributed by atoms with E-state index in [0.29, 0.717) is 30.9 Å². The zero-order chi connectivity index (χ0) is 20.6. The number of carbonyl (C=O) groups excluding carboxylic acids is 3.